The van der Waals surface area contributed by atoms with Gasteiger partial charge in [0.1, 0.15) is 23.6 Å². The highest BCUT2D eigenvalue weighted by Gasteiger charge is 2.37. The van der Waals surface area contributed by atoms with Crippen molar-refractivity contribution in [3.05, 3.63) is 42.6 Å². The minimum atomic E-state index is -0.324. The van der Waals surface area contributed by atoms with Crippen molar-refractivity contribution in [3.8, 4) is 5.69 Å². The molecule has 0 N–H and O–H groups in total. The Morgan fingerprint density at radius 1 is 1.16 bits per heavy atom. The molecule has 7 heteroatoms. The van der Waals surface area contributed by atoms with E-state index in [1.807, 2.05) is 0 Å². The Morgan fingerprint density at radius 2 is 2.08 bits per heavy atom. The van der Waals surface area contributed by atoms with Crippen LogP contribution in [0.25, 0.3) is 16.7 Å². The largest absolute Gasteiger partial charge is 0.379 e. The fraction of sp³-hybridized carbons (Fsp3) is 0.389. The molecule has 128 valence electrons. The summed E-state index contributed by atoms with van der Waals surface area (Å²) in [6, 6.07) is 6.93. The highest BCUT2D eigenvalue weighted by molar-refractivity contribution is 5.88. The number of nitrogens with zero attached hydrogens (tertiary/aromatic N) is 5. The average molecular weight is 339 g/mol. The van der Waals surface area contributed by atoms with Crippen molar-refractivity contribution in [1.82, 2.24) is 19.7 Å². The van der Waals surface area contributed by atoms with Crippen molar-refractivity contribution in [2.24, 2.45) is 5.92 Å². The van der Waals surface area contributed by atoms with Gasteiger partial charge in [-0.15, -0.1) is 0 Å². The standard InChI is InChI=1S/C18H18FN5O/c19-14-5-1-2-6-15(14)24-18-13(8-22-24)17(20-11-21-18)23-7-3-4-12-9-25-10-16(12)23/h1-2,5-6,8,11-12,16H,3-4,7,9-10H2/t12-,16+/m1/s1. The van der Waals surface area contributed by atoms with Gasteiger partial charge in [-0.2, -0.15) is 5.10 Å². The summed E-state index contributed by atoms with van der Waals surface area (Å²) in [4.78, 5) is 11.2. The molecule has 0 unspecified atom stereocenters. The lowest BCUT2D eigenvalue weighted by molar-refractivity contribution is 0.184. The third-order valence-electron chi connectivity index (χ3n) is 5.24. The molecule has 0 bridgehead atoms. The van der Waals surface area contributed by atoms with E-state index in [-0.39, 0.29) is 5.82 Å². The van der Waals surface area contributed by atoms with Crippen LogP contribution in [-0.2, 0) is 4.74 Å². The van der Waals surface area contributed by atoms with Gasteiger partial charge in [-0.05, 0) is 25.0 Å². The number of ether oxygens (including phenoxy) is 1. The summed E-state index contributed by atoms with van der Waals surface area (Å²) in [5.41, 5.74) is 1.01. The molecule has 0 amide bonds. The Morgan fingerprint density at radius 3 is 3.00 bits per heavy atom. The summed E-state index contributed by atoms with van der Waals surface area (Å²) in [6.07, 6.45) is 5.59. The van der Waals surface area contributed by atoms with Crippen molar-refractivity contribution in [2.75, 3.05) is 24.7 Å². The summed E-state index contributed by atoms with van der Waals surface area (Å²) in [5.74, 6) is 1.10. The molecule has 0 saturated carbocycles. The number of rotatable bonds is 2. The van der Waals surface area contributed by atoms with Gasteiger partial charge in [0, 0.05) is 12.5 Å². The molecule has 0 radical (unpaired) electrons. The maximum absolute atomic E-state index is 14.2. The molecule has 2 aliphatic rings. The Hall–Kier alpha value is -2.54. The molecular weight excluding hydrogens is 321 g/mol. The van der Waals surface area contributed by atoms with Crippen molar-refractivity contribution in [2.45, 2.75) is 18.9 Å². The van der Waals surface area contributed by atoms with Crippen LogP contribution < -0.4 is 4.90 Å². The Kier molecular flexibility index (Phi) is 3.41. The predicted octanol–water partition coefficient (Wildman–Crippen LogP) is 2.57. The topological polar surface area (TPSA) is 56.1 Å². The van der Waals surface area contributed by atoms with E-state index in [9.17, 15) is 4.39 Å². The summed E-state index contributed by atoms with van der Waals surface area (Å²) >= 11 is 0. The van der Waals surface area contributed by atoms with Crippen LogP contribution in [0.2, 0.25) is 0 Å². The molecule has 2 saturated heterocycles. The van der Waals surface area contributed by atoms with Crippen molar-refractivity contribution in [3.63, 3.8) is 0 Å². The number of fused-ring (bicyclic) bond motifs is 2. The number of benzene rings is 1. The lowest BCUT2D eigenvalue weighted by Gasteiger charge is -2.37. The van der Waals surface area contributed by atoms with Gasteiger partial charge in [-0.3, -0.25) is 0 Å². The van der Waals surface area contributed by atoms with Gasteiger partial charge in [-0.1, -0.05) is 12.1 Å². The van der Waals surface area contributed by atoms with Gasteiger partial charge in [0.25, 0.3) is 0 Å². The number of para-hydroxylation sites is 1. The van der Waals surface area contributed by atoms with Gasteiger partial charge in [0.2, 0.25) is 0 Å². The smallest absolute Gasteiger partial charge is 0.168 e. The average Bonchev–Trinajstić information content (AvgIpc) is 3.28. The third-order valence-corrected chi connectivity index (χ3v) is 5.24. The predicted molar refractivity (Wildman–Crippen MR) is 91.3 cm³/mol. The van der Waals surface area contributed by atoms with Crippen LogP contribution in [-0.4, -0.2) is 45.5 Å². The zero-order valence-corrected chi connectivity index (χ0v) is 13.7. The van der Waals surface area contributed by atoms with E-state index in [0.29, 0.717) is 23.3 Å². The van der Waals surface area contributed by atoms with E-state index in [0.717, 1.165) is 37.4 Å². The van der Waals surface area contributed by atoms with Crippen LogP contribution in [0.3, 0.4) is 0 Å². The molecule has 25 heavy (non-hydrogen) atoms. The molecule has 1 aromatic carbocycles. The van der Waals surface area contributed by atoms with E-state index in [2.05, 4.69) is 20.0 Å². The normalized spacial score (nSPS) is 23.2. The van der Waals surface area contributed by atoms with Gasteiger partial charge >= 0.3 is 0 Å². The third kappa shape index (κ3) is 2.30. The number of aromatic nitrogens is 4. The Bertz CT molecular complexity index is 927. The van der Waals surface area contributed by atoms with E-state index < -0.39 is 0 Å². The first-order valence-electron chi connectivity index (χ1n) is 8.61. The van der Waals surface area contributed by atoms with Gasteiger partial charge < -0.3 is 9.64 Å². The number of piperidine rings is 1. The minimum Gasteiger partial charge on any atom is -0.379 e. The molecule has 0 aliphatic carbocycles. The highest BCUT2D eigenvalue weighted by Crippen LogP contribution is 2.35. The molecule has 3 aromatic rings. The molecule has 4 heterocycles. The summed E-state index contributed by atoms with van der Waals surface area (Å²) < 4.78 is 21.4. The highest BCUT2D eigenvalue weighted by atomic mass is 19.1. The molecule has 5 rings (SSSR count). The molecule has 2 aromatic heterocycles. The number of hydrogen-bond donors (Lipinski definition) is 0. The van der Waals surface area contributed by atoms with Gasteiger partial charge in [0.05, 0.1) is 30.8 Å². The minimum absolute atomic E-state index is 0.324. The van der Waals surface area contributed by atoms with E-state index in [1.165, 1.54) is 18.8 Å². The maximum atomic E-state index is 14.2. The van der Waals surface area contributed by atoms with E-state index >= 15 is 0 Å². The van der Waals surface area contributed by atoms with Crippen LogP contribution in [0.5, 0.6) is 0 Å². The Labute approximate surface area is 144 Å². The van der Waals surface area contributed by atoms with E-state index in [1.54, 1.807) is 29.1 Å². The molecule has 2 fully saturated rings. The lowest BCUT2D eigenvalue weighted by atomic mass is 9.92. The first kappa shape index (κ1) is 14.8. The second-order valence-electron chi connectivity index (χ2n) is 6.64. The summed E-state index contributed by atoms with van der Waals surface area (Å²) in [5, 5.41) is 5.23. The molecule has 2 aliphatic heterocycles. The molecule has 6 nitrogen and oxygen atoms in total. The summed E-state index contributed by atoms with van der Waals surface area (Å²) in [6.45, 7) is 2.50. The first-order chi connectivity index (χ1) is 12.3. The number of hydrogen-bond acceptors (Lipinski definition) is 5. The fourth-order valence-corrected chi connectivity index (χ4v) is 4.02. The Balaban J connectivity index is 1.63. The summed E-state index contributed by atoms with van der Waals surface area (Å²) in [7, 11) is 0. The monoisotopic (exact) mass is 339 g/mol. The van der Waals surface area contributed by atoms with Gasteiger partial charge in [0.15, 0.2) is 5.65 Å². The zero-order chi connectivity index (χ0) is 16.8. The van der Waals surface area contributed by atoms with Crippen LogP contribution in [0.15, 0.2) is 36.8 Å². The van der Waals surface area contributed by atoms with Crippen LogP contribution in [0.4, 0.5) is 10.2 Å². The lowest BCUT2D eigenvalue weighted by Crippen LogP contribution is -2.45. The SMILES string of the molecule is Fc1ccccc1-n1ncc2c(N3CCC[C@@H]4COC[C@@H]43)ncnc21. The molecule has 2 atom stereocenters. The van der Waals surface area contributed by atoms with Crippen molar-refractivity contribution >= 4 is 16.9 Å². The van der Waals surface area contributed by atoms with Crippen molar-refractivity contribution < 1.29 is 9.13 Å². The second kappa shape index (κ2) is 5.77. The zero-order valence-electron chi connectivity index (χ0n) is 13.7. The molecule has 0 spiro atoms. The quantitative estimate of drug-likeness (QED) is 0.718. The van der Waals surface area contributed by atoms with Crippen molar-refractivity contribution in [1.29, 1.82) is 0 Å². The van der Waals surface area contributed by atoms with Crippen LogP contribution in [0.1, 0.15) is 12.8 Å². The number of anilines is 1. The van der Waals surface area contributed by atoms with Crippen LogP contribution >= 0.6 is 0 Å². The maximum Gasteiger partial charge on any atom is 0.168 e. The first-order valence-corrected chi connectivity index (χ1v) is 8.61. The van der Waals surface area contributed by atoms with Gasteiger partial charge in [-0.25, -0.2) is 19.0 Å². The second-order valence-corrected chi connectivity index (χ2v) is 6.64. The van der Waals surface area contributed by atoms with E-state index in [4.69, 9.17) is 4.74 Å². The van der Waals surface area contributed by atoms with Crippen LogP contribution in [0, 0.1) is 11.7 Å². The number of halogens is 1. The fourth-order valence-electron chi connectivity index (χ4n) is 4.02. The molecular formula is C18H18FN5O.